The second kappa shape index (κ2) is 6.86. The molecular weight excluding hydrogens is 320 g/mol. The van der Waals surface area contributed by atoms with E-state index in [4.69, 9.17) is 4.74 Å². The molecule has 1 aromatic rings. The minimum atomic E-state index is -0.841. The molecule has 0 aromatic heterocycles. The van der Waals surface area contributed by atoms with Crippen LogP contribution in [0.5, 0.6) is 0 Å². The molecular formula is C19H24N2O4. The molecule has 3 rings (SSSR count). The molecule has 1 N–H and O–H groups in total. The van der Waals surface area contributed by atoms with Crippen LogP contribution in [0.3, 0.4) is 0 Å². The molecule has 0 unspecified atom stereocenters. The van der Waals surface area contributed by atoms with Crippen molar-refractivity contribution in [2.75, 3.05) is 6.54 Å². The van der Waals surface area contributed by atoms with Crippen LogP contribution in [0, 0.1) is 12.8 Å². The Morgan fingerprint density at radius 2 is 2.16 bits per heavy atom. The fraction of sp³-hybridized carbons (Fsp3) is 0.526. The highest BCUT2D eigenvalue weighted by Gasteiger charge is 2.55. The van der Waals surface area contributed by atoms with Crippen molar-refractivity contribution in [3.63, 3.8) is 0 Å². The molecule has 1 aliphatic carbocycles. The fourth-order valence-corrected chi connectivity index (χ4v) is 3.78. The summed E-state index contributed by atoms with van der Waals surface area (Å²) in [7, 11) is 0. The Kier molecular flexibility index (Phi) is 4.79. The van der Waals surface area contributed by atoms with Gasteiger partial charge in [0.2, 0.25) is 0 Å². The number of rotatable bonds is 4. The van der Waals surface area contributed by atoms with Crippen LogP contribution in [-0.4, -0.2) is 34.9 Å². The smallest absolute Gasteiger partial charge is 0.326 e. The van der Waals surface area contributed by atoms with E-state index in [-0.39, 0.29) is 25.0 Å². The van der Waals surface area contributed by atoms with Crippen LogP contribution in [0.15, 0.2) is 24.3 Å². The summed E-state index contributed by atoms with van der Waals surface area (Å²) in [6, 6.07) is 7.16. The number of urea groups is 1. The number of aryl methyl sites for hydroxylation is 1. The number of esters is 1. The lowest BCUT2D eigenvalue weighted by molar-refractivity contribution is -0.149. The standard InChI is InChI=1S/C19H24N2O4/c1-13-6-5-8-15(10-13)12-25-16(22)11-21-17(23)19(20-18(21)24)9-4-3-7-14(19)2/h5-6,8,10,14H,3-4,7,9,11-12H2,1-2H3,(H,20,24)/t14-,19-/m0/s1. The third-order valence-electron chi connectivity index (χ3n) is 5.27. The van der Waals surface area contributed by atoms with Gasteiger partial charge in [0, 0.05) is 0 Å². The molecule has 1 saturated carbocycles. The normalized spacial score (nSPS) is 26.0. The molecule has 6 nitrogen and oxygen atoms in total. The maximum Gasteiger partial charge on any atom is 0.326 e. The molecule has 3 amide bonds. The molecule has 1 aliphatic heterocycles. The van der Waals surface area contributed by atoms with Gasteiger partial charge in [-0.1, -0.05) is 49.6 Å². The second-order valence-electron chi connectivity index (χ2n) is 7.09. The van der Waals surface area contributed by atoms with Crippen molar-refractivity contribution in [1.29, 1.82) is 0 Å². The summed E-state index contributed by atoms with van der Waals surface area (Å²) in [5.41, 5.74) is 1.12. The summed E-state index contributed by atoms with van der Waals surface area (Å²) >= 11 is 0. The molecule has 2 fully saturated rings. The number of nitrogens with zero attached hydrogens (tertiary/aromatic N) is 1. The van der Waals surface area contributed by atoms with Gasteiger partial charge in [-0.3, -0.25) is 14.5 Å². The third kappa shape index (κ3) is 3.38. The zero-order chi connectivity index (χ0) is 18.0. The fourth-order valence-electron chi connectivity index (χ4n) is 3.78. The minimum Gasteiger partial charge on any atom is -0.459 e. The lowest BCUT2D eigenvalue weighted by Crippen LogP contribution is -2.54. The van der Waals surface area contributed by atoms with Crippen LogP contribution in [0.25, 0.3) is 0 Å². The molecule has 1 saturated heterocycles. The average molecular weight is 344 g/mol. The first-order chi connectivity index (χ1) is 11.9. The number of ether oxygens (including phenoxy) is 1. The molecule has 25 heavy (non-hydrogen) atoms. The molecule has 0 radical (unpaired) electrons. The third-order valence-corrected chi connectivity index (χ3v) is 5.27. The van der Waals surface area contributed by atoms with E-state index in [0.717, 1.165) is 35.3 Å². The van der Waals surface area contributed by atoms with E-state index in [1.54, 1.807) is 0 Å². The van der Waals surface area contributed by atoms with E-state index < -0.39 is 17.5 Å². The summed E-state index contributed by atoms with van der Waals surface area (Å²) in [6.45, 7) is 3.73. The molecule has 0 bridgehead atoms. The molecule has 1 spiro atoms. The van der Waals surface area contributed by atoms with Gasteiger partial charge >= 0.3 is 12.0 Å². The summed E-state index contributed by atoms with van der Waals surface area (Å²) in [4.78, 5) is 38.1. The first-order valence-electron chi connectivity index (χ1n) is 8.77. The molecule has 1 aromatic carbocycles. The van der Waals surface area contributed by atoms with Gasteiger partial charge in [0.15, 0.2) is 0 Å². The second-order valence-corrected chi connectivity index (χ2v) is 7.09. The highest BCUT2D eigenvalue weighted by Crippen LogP contribution is 2.38. The number of imide groups is 1. The lowest BCUT2D eigenvalue weighted by atomic mass is 9.73. The van der Waals surface area contributed by atoms with E-state index in [2.05, 4.69) is 5.32 Å². The van der Waals surface area contributed by atoms with E-state index in [1.807, 2.05) is 38.1 Å². The van der Waals surface area contributed by atoms with Crippen molar-refractivity contribution in [1.82, 2.24) is 10.2 Å². The largest absolute Gasteiger partial charge is 0.459 e. The minimum absolute atomic E-state index is 0.0750. The maximum atomic E-state index is 12.8. The number of hydrogen-bond donors (Lipinski definition) is 1. The summed E-state index contributed by atoms with van der Waals surface area (Å²) in [6.07, 6.45) is 3.50. The Balaban J connectivity index is 1.61. The van der Waals surface area contributed by atoms with Crippen LogP contribution in [0.4, 0.5) is 4.79 Å². The summed E-state index contributed by atoms with van der Waals surface area (Å²) < 4.78 is 5.23. The molecule has 1 heterocycles. The van der Waals surface area contributed by atoms with E-state index in [0.29, 0.717) is 6.42 Å². The van der Waals surface area contributed by atoms with Crippen LogP contribution in [0.1, 0.15) is 43.7 Å². The molecule has 6 heteroatoms. The SMILES string of the molecule is Cc1cccc(COC(=O)CN2C(=O)N[C@]3(CCCC[C@@H]3C)C2=O)c1. The van der Waals surface area contributed by atoms with Gasteiger partial charge in [0.25, 0.3) is 5.91 Å². The van der Waals surface area contributed by atoms with Gasteiger partial charge in [-0.25, -0.2) is 4.79 Å². The van der Waals surface area contributed by atoms with Crippen molar-refractivity contribution in [2.24, 2.45) is 5.92 Å². The predicted molar refractivity (Wildman–Crippen MR) is 91.6 cm³/mol. The lowest BCUT2D eigenvalue weighted by Gasteiger charge is -2.36. The summed E-state index contributed by atoms with van der Waals surface area (Å²) in [5.74, 6) is -0.797. The van der Waals surface area contributed by atoms with Crippen molar-refractivity contribution < 1.29 is 19.1 Å². The monoisotopic (exact) mass is 344 g/mol. The number of carbonyl (C=O) groups excluding carboxylic acids is 3. The predicted octanol–water partition coefficient (Wildman–Crippen LogP) is 2.54. The van der Waals surface area contributed by atoms with Crippen molar-refractivity contribution in [3.05, 3.63) is 35.4 Å². The first kappa shape index (κ1) is 17.5. The van der Waals surface area contributed by atoms with E-state index >= 15 is 0 Å². The van der Waals surface area contributed by atoms with Gasteiger partial charge in [0.05, 0.1) is 0 Å². The number of nitrogens with one attached hydrogen (secondary N) is 1. The van der Waals surface area contributed by atoms with Crippen LogP contribution < -0.4 is 5.32 Å². The molecule has 2 atom stereocenters. The Morgan fingerprint density at radius 3 is 2.88 bits per heavy atom. The highest BCUT2D eigenvalue weighted by molar-refractivity contribution is 6.08. The highest BCUT2D eigenvalue weighted by atomic mass is 16.5. The van der Waals surface area contributed by atoms with Crippen molar-refractivity contribution in [2.45, 2.75) is 51.7 Å². The Morgan fingerprint density at radius 1 is 1.36 bits per heavy atom. The average Bonchev–Trinajstić information content (AvgIpc) is 2.81. The van der Waals surface area contributed by atoms with E-state index in [9.17, 15) is 14.4 Å². The van der Waals surface area contributed by atoms with Crippen molar-refractivity contribution >= 4 is 17.9 Å². The van der Waals surface area contributed by atoms with Gasteiger partial charge in [0.1, 0.15) is 18.7 Å². The quantitative estimate of drug-likeness (QED) is 0.673. The topological polar surface area (TPSA) is 75.7 Å². The van der Waals surface area contributed by atoms with Gasteiger partial charge in [-0.2, -0.15) is 0 Å². The zero-order valence-electron chi connectivity index (χ0n) is 14.7. The Labute approximate surface area is 147 Å². The van der Waals surface area contributed by atoms with Crippen LogP contribution >= 0.6 is 0 Å². The molecule has 134 valence electrons. The van der Waals surface area contributed by atoms with Gasteiger partial charge < -0.3 is 10.1 Å². The van der Waals surface area contributed by atoms with Gasteiger partial charge in [-0.05, 0) is 31.2 Å². The van der Waals surface area contributed by atoms with Crippen LogP contribution in [-0.2, 0) is 20.9 Å². The van der Waals surface area contributed by atoms with E-state index in [1.165, 1.54) is 0 Å². The summed E-state index contributed by atoms with van der Waals surface area (Å²) in [5, 5.41) is 2.84. The zero-order valence-corrected chi connectivity index (χ0v) is 14.7. The van der Waals surface area contributed by atoms with Gasteiger partial charge in [-0.15, -0.1) is 0 Å². The number of amides is 3. The van der Waals surface area contributed by atoms with Crippen molar-refractivity contribution in [3.8, 4) is 0 Å². The molecule has 2 aliphatic rings. The maximum absolute atomic E-state index is 12.8. The number of carbonyl (C=O) groups is 3. The first-order valence-corrected chi connectivity index (χ1v) is 8.77. The Bertz CT molecular complexity index is 702. The number of hydrogen-bond acceptors (Lipinski definition) is 4. The Hall–Kier alpha value is -2.37. The van der Waals surface area contributed by atoms with Crippen LogP contribution in [0.2, 0.25) is 0 Å². The number of benzene rings is 1.